The average Bonchev–Trinajstić information content (AvgIpc) is 3.62. The van der Waals surface area contributed by atoms with Gasteiger partial charge in [0.25, 0.3) is 5.91 Å². The standard InChI is InChI=1S/C31H35FN4O3.H2/c1-4-34(5-2)20-21-36(23(3)37)28-18-19-35(22-28)27-13-11-26(12-14-27)33-31(38)30-17-16-29(39-30)15-8-24-6-9-25(32)10-7-24;/h6-7,9-14,16-17,28H,4-5,18-22H2,1-3H3,(H,33,38);1H. The minimum atomic E-state index is -0.371. The SMILES string of the molecule is CCN(CC)CCN(C(C)=O)C1CCN(c2ccc(NC(=O)c3ccc(C#Cc4ccc(F)cc4)o3)cc2)C1.[HH]. The van der Waals surface area contributed by atoms with Crippen molar-refractivity contribution in [1.82, 2.24) is 9.80 Å². The molecule has 1 saturated heterocycles. The fourth-order valence-corrected chi connectivity index (χ4v) is 4.76. The van der Waals surface area contributed by atoms with Crippen LogP contribution in [0.5, 0.6) is 0 Å². The lowest BCUT2D eigenvalue weighted by atomic mass is 10.2. The largest absolute Gasteiger partial charge is 0.443 e. The van der Waals surface area contributed by atoms with Crippen LogP contribution in [0.15, 0.2) is 65.1 Å². The van der Waals surface area contributed by atoms with Gasteiger partial charge in [0.05, 0.1) is 6.04 Å². The van der Waals surface area contributed by atoms with E-state index in [1.165, 1.54) is 12.1 Å². The minimum absolute atomic E-state index is 0. The van der Waals surface area contributed by atoms with E-state index in [-0.39, 0.29) is 30.9 Å². The van der Waals surface area contributed by atoms with E-state index in [0.717, 1.165) is 51.4 Å². The Kier molecular flexibility index (Phi) is 9.40. The molecule has 206 valence electrons. The van der Waals surface area contributed by atoms with Crippen molar-refractivity contribution in [2.45, 2.75) is 33.2 Å². The predicted octanol–water partition coefficient (Wildman–Crippen LogP) is 5.09. The summed E-state index contributed by atoms with van der Waals surface area (Å²) in [7, 11) is 0. The summed E-state index contributed by atoms with van der Waals surface area (Å²) in [5.74, 6) is 5.65. The Morgan fingerprint density at radius 3 is 2.41 bits per heavy atom. The summed E-state index contributed by atoms with van der Waals surface area (Å²) in [4.78, 5) is 31.7. The van der Waals surface area contributed by atoms with Crippen LogP contribution in [0.4, 0.5) is 15.8 Å². The van der Waals surface area contributed by atoms with E-state index in [4.69, 9.17) is 4.42 Å². The zero-order chi connectivity index (χ0) is 27.8. The van der Waals surface area contributed by atoms with Crippen LogP contribution in [0.1, 0.15) is 50.5 Å². The first-order chi connectivity index (χ1) is 18.9. The monoisotopic (exact) mass is 532 g/mol. The first-order valence-corrected chi connectivity index (χ1v) is 13.4. The van der Waals surface area contributed by atoms with Crippen molar-refractivity contribution in [3.8, 4) is 11.8 Å². The molecule has 2 aromatic carbocycles. The molecule has 2 amide bonds. The summed E-state index contributed by atoms with van der Waals surface area (Å²) in [5.41, 5.74) is 2.36. The van der Waals surface area contributed by atoms with E-state index >= 15 is 0 Å². The van der Waals surface area contributed by atoms with Gasteiger partial charge in [-0.3, -0.25) is 9.59 Å². The van der Waals surface area contributed by atoms with Crippen molar-refractivity contribution in [2.75, 3.05) is 49.5 Å². The van der Waals surface area contributed by atoms with Gasteiger partial charge in [-0.1, -0.05) is 19.8 Å². The van der Waals surface area contributed by atoms with Gasteiger partial charge < -0.3 is 24.4 Å². The van der Waals surface area contributed by atoms with Gasteiger partial charge in [0.1, 0.15) is 5.82 Å². The molecule has 2 heterocycles. The fourth-order valence-electron chi connectivity index (χ4n) is 4.76. The summed E-state index contributed by atoms with van der Waals surface area (Å²) in [6.45, 7) is 11.2. The number of furan rings is 1. The summed E-state index contributed by atoms with van der Waals surface area (Å²) < 4.78 is 18.6. The Morgan fingerprint density at radius 1 is 1.03 bits per heavy atom. The Morgan fingerprint density at radius 2 is 1.74 bits per heavy atom. The summed E-state index contributed by atoms with van der Waals surface area (Å²) in [6.07, 6.45) is 0.932. The quantitative estimate of drug-likeness (QED) is 0.389. The number of nitrogens with zero attached hydrogens (tertiary/aromatic N) is 3. The predicted molar refractivity (Wildman–Crippen MR) is 153 cm³/mol. The second-order valence-corrected chi connectivity index (χ2v) is 9.55. The van der Waals surface area contributed by atoms with Crippen molar-refractivity contribution in [3.05, 3.63) is 83.6 Å². The summed E-state index contributed by atoms with van der Waals surface area (Å²) in [6, 6.07) is 16.9. The van der Waals surface area contributed by atoms with Crippen LogP contribution in [0, 0.1) is 17.7 Å². The smallest absolute Gasteiger partial charge is 0.291 e. The molecule has 0 saturated carbocycles. The number of benzene rings is 2. The molecular weight excluding hydrogens is 495 g/mol. The third-order valence-corrected chi connectivity index (χ3v) is 7.05. The maximum absolute atomic E-state index is 13.0. The molecule has 1 aromatic heterocycles. The molecule has 0 spiro atoms. The topological polar surface area (TPSA) is 69.0 Å². The molecule has 1 atom stereocenters. The van der Waals surface area contributed by atoms with Crippen LogP contribution in [-0.4, -0.2) is 66.9 Å². The Balaban J connectivity index is 0.00000441. The lowest BCUT2D eigenvalue weighted by molar-refractivity contribution is -0.131. The highest BCUT2D eigenvalue weighted by Crippen LogP contribution is 2.25. The molecule has 1 fully saturated rings. The fraction of sp³-hybridized carbons (Fsp3) is 0.355. The highest BCUT2D eigenvalue weighted by molar-refractivity contribution is 6.02. The van der Waals surface area contributed by atoms with Crippen LogP contribution >= 0.6 is 0 Å². The van der Waals surface area contributed by atoms with Gasteiger partial charge in [-0.05, 0) is 86.1 Å². The molecule has 0 aliphatic carbocycles. The number of anilines is 2. The normalized spacial score (nSPS) is 14.7. The lowest BCUT2D eigenvalue weighted by Crippen LogP contribution is -2.45. The van der Waals surface area contributed by atoms with Gasteiger partial charge in [0.15, 0.2) is 11.5 Å². The van der Waals surface area contributed by atoms with Crippen LogP contribution in [-0.2, 0) is 4.79 Å². The molecule has 4 rings (SSSR count). The molecule has 1 N–H and O–H groups in total. The number of halogens is 1. The van der Waals surface area contributed by atoms with Crippen LogP contribution < -0.4 is 10.2 Å². The van der Waals surface area contributed by atoms with Gasteiger partial charge in [-0.2, -0.15) is 0 Å². The van der Waals surface area contributed by atoms with Crippen molar-refractivity contribution in [3.63, 3.8) is 0 Å². The Hall–Kier alpha value is -4.09. The molecule has 8 heteroatoms. The lowest BCUT2D eigenvalue weighted by Gasteiger charge is -2.30. The number of hydrogen-bond donors (Lipinski definition) is 1. The maximum atomic E-state index is 13.0. The van der Waals surface area contributed by atoms with Crippen molar-refractivity contribution in [1.29, 1.82) is 0 Å². The molecule has 1 aliphatic heterocycles. The van der Waals surface area contributed by atoms with E-state index in [9.17, 15) is 14.0 Å². The van der Waals surface area contributed by atoms with Crippen LogP contribution in [0.25, 0.3) is 0 Å². The highest BCUT2D eigenvalue weighted by Gasteiger charge is 2.29. The number of rotatable bonds is 9. The highest BCUT2D eigenvalue weighted by atomic mass is 19.1. The summed E-state index contributed by atoms with van der Waals surface area (Å²) >= 11 is 0. The Labute approximate surface area is 231 Å². The summed E-state index contributed by atoms with van der Waals surface area (Å²) in [5, 5.41) is 2.85. The first kappa shape index (κ1) is 27.9. The van der Waals surface area contributed by atoms with Crippen LogP contribution in [0.2, 0.25) is 0 Å². The number of carbonyl (C=O) groups excluding carboxylic acids is 2. The van der Waals surface area contributed by atoms with Gasteiger partial charge in [-0.15, -0.1) is 0 Å². The second kappa shape index (κ2) is 13.1. The van der Waals surface area contributed by atoms with E-state index in [1.54, 1.807) is 31.2 Å². The number of likely N-dealkylation sites (N-methyl/N-ethyl adjacent to an activating group) is 1. The van der Waals surface area contributed by atoms with Crippen LogP contribution in [0.3, 0.4) is 0 Å². The zero-order valence-electron chi connectivity index (χ0n) is 22.7. The van der Waals surface area contributed by atoms with Crippen molar-refractivity contribution in [2.24, 2.45) is 0 Å². The minimum Gasteiger partial charge on any atom is -0.443 e. The molecule has 3 aromatic rings. The first-order valence-electron chi connectivity index (χ1n) is 13.4. The number of hydrogen-bond acceptors (Lipinski definition) is 5. The van der Waals surface area contributed by atoms with E-state index < -0.39 is 0 Å². The molecule has 0 bridgehead atoms. The van der Waals surface area contributed by atoms with Crippen molar-refractivity contribution >= 4 is 23.2 Å². The second-order valence-electron chi connectivity index (χ2n) is 9.55. The molecular formula is C31H37FN4O3. The molecule has 7 nitrogen and oxygen atoms in total. The van der Waals surface area contributed by atoms with Gasteiger partial charge in [0, 0.05) is 51.5 Å². The molecule has 1 unspecified atom stereocenters. The number of nitrogens with one attached hydrogen (secondary N) is 1. The zero-order valence-corrected chi connectivity index (χ0v) is 22.7. The maximum Gasteiger partial charge on any atom is 0.291 e. The van der Waals surface area contributed by atoms with Crippen molar-refractivity contribution < 1.29 is 19.8 Å². The van der Waals surface area contributed by atoms with Gasteiger partial charge in [0.2, 0.25) is 5.91 Å². The third kappa shape index (κ3) is 7.49. The molecule has 39 heavy (non-hydrogen) atoms. The van der Waals surface area contributed by atoms with E-state index in [2.05, 4.69) is 40.8 Å². The number of amides is 2. The van der Waals surface area contributed by atoms with Gasteiger partial charge >= 0.3 is 0 Å². The molecule has 1 aliphatic rings. The van der Waals surface area contributed by atoms with Gasteiger partial charge in [-0.25, -0.2) is 4.39 Å². The Bertz CT molecular complexity index is 1330. The third-order valence-electron chi connectivity index (χ3n) is 7.05. The number of carbonyl (C=O) groups is 2. The molecule has 0 radical (unpaired) electrons. The average molecular weight is 533 g/mol. The van der Waals surface area contributed by atoms with E-state index in [1.807, 2.05) is 29.2 Å². The van der Waals surface area contributed by atoms with E-state index in [0.29, 0.717) is 17.0 Å².